The first-order valence-electron chi connectivity index (χ1n) is 7.84. The summed E-state index contributed by atoms with van der Waals surface area (Å²) in [6.07, 6.45) is 7.66. The predicted molar refractivity (Wildman–Crippen MR) is 77.5 cm³/mol. The molecular formula is C15H27N3O2. The Hall–Kier alpha value is -0.940. The summed E-state index contributed by atoms with van der Waals surface area (Å²) in [5, 5.41) is 7.41. The number of ether oxygens (including phenoxy) is 1. The maximum Gasteiger partial charge on any atom is 0.228 e. The van der Waals surface area contributed by atoms with Crippen molar-refractivity contribution in [1.29, 1.82) is 0 Å². The predicted octanol–water partition coefficient (Wildman–Crippen LogP) is 2.81. The molecular weight excluding hydrogens is 254 g/mol. The Morgan fingerprint density at radius 1 is 1.30 bits per heavy atom. The number of aromatic nitrogens is 2. The van der Waals surface area contributed by atoms with Gasteiger partial charge in [0.25, 0.3) is 0 Å². The number of hydrogen-bond donors (Lipinski definition) is 1. The van der Waals surface area contributed by atoms with Crippen molar-refractivity contribution in [2.75, 3.05) is 13.7 Å². The second kappa shape index (κ2) is 7.18. The van der Waals surface area contributed by atoms with Gasteiger partial charge in [-0.05, 0) is 33.7 Å². The molecule has 0 bridgehead atoms. The molecule has 2 rings (SSSR count). The number of likely N-dealkylation sites (N-methyl/N-ethyl adjacent to an activating group) is 1. The largest absolute Gasteiger partial charge is 0.367 e. The van der Waals surface area contributed by atoms with Crippen molar-refractivity contribution in [1.82, 2.24) is 15.5 Å². The monoisotopic (exact) mass is 281 g/mol. The van der Waals surface area contributed by atoms with Gasteiger partial charge in [0.05, 0.1) is 0 Å². The zero-order valence-electron chi connectivity index (χ0n) is 12.9. The van der Waals surface area contributed by atoms with E-state index in [9.17, 15) is 0 Å². The third-order valence-corrected chi connectivity index (χ3v) is 4.18. The highest BCUT2D eigenvalue weighted by Crippen LogP contribution is 2.38. The van der Waals surface area contributed by atoms with Gasteiger partial charge in [0.2, 0.25) is 11.7 Å². The van der Waals surface area contributed by atoms with E-state index in [1.54, 1.807) is 0 Å². The van der Waals surface area contributed by atoms with Crippen molar-refractivity contribution < 1.29 is 9.26 Å². The van der Waals surface area contributed by atoms with Gasteiger partial charge in [-0.25, -0.2) is 0 Å². The van der Waals surface area contributed by atoms with Gasteiger partial charge in [0.1, 0.15) is 5.60 Å². The smallest absolute Gasteiger partial charge is 0.228 e. The molecule has 0 radical (unpaired) electrons. The molecule has 0 spiro atoms. The Kier molecular flexibility index (Phi) is 5.54. The summed E-state index contributed by atoms with van der Waals surface area (Å²) in [4.78, 5) is 4.61. The van der Waals surface area contributed by atoms with Crippen molar-refractivity contribution >= 4 is 0 Å². The van der Waals surface area contributed by atoms with Crippen molar-refractivity contribution in [3.05, 3.63) is 11.7 Å². The third kappa shape index (κ3) is 3.58. The number of nitrogens with zero attached hydrogens (tertiary/aromatic N) is 2. The average Bonchev–Trinajstić information content (AvgIpc) is 2.78. The number of rotatable bonds is 6. The van der Waals surface area contributed by atoms with E-state index < -0.39 is 0 Å². The first kappa shape index (κ1) is 15.4. The van der Waals surface area contributed by atoms with Gasteiger partial charge in [0, 0.05) is 19.1 Å². The summed E-state index contributed by atoms with van der Waals surface area (Å²) in [5.74, 6) is 1.45. The molecule has 1 aliphatic rings. The van der Waals surface area contributed by atoms with Crippen LogP contribution in [-0.4, -0.2) is 29.8 Å². The van der Waals surface area contributed by atoms with Gasteiger partial charge in [-0.3, -0.25) is 0 Å². The molecule has 0 aromatic carbocycles. The van der Waals surface area contributed by atoms with Crippen LogP contribution in [0.2, 0.25) is 0 Å². The second-order valence-electron chi connectivity index (χ2n) is 5.75. The van der Waals surface area contributed by atoms with Crippen LogP contribution in [0.15, 0.2) is 4.52 Å². The molecule has 0 saturated heterocycles. The minimum Gasteiger partial charge on any atom is -0.367 e. The minimum absolute atomic E-state index is 0.324. The highest BCUT2D eigenvalue weighted by atomic mass is 16.5. The van der Waals surface area contributed by atoms with Crippen molar-refractivity contribution in [3.8, 4) is 0 Å². The van der Waals surface area contributed by atoms with E-state index in [0.29, 0.717) is 18.5 Å². The molecule has 0 aliphatic heterocycles. The Balaban J connectivity index is 2.16. The highest BCUT2D eigenvalue weighted by molar-refractivity contribution is 5.03. The first-order valence-corrected chi connectivity index (χ1v) is 7.84. The van der Waals surface area contributed by atoms with E-state index in [-0.39, 0.29) is 5.60 Å². The lowest BCUT2D eigenvalue weighted by molar-refractivity contribution is -0.0636. The topological polar surface area (TPSA) is 60.2 Å². The third-order valence-electron chi connectivity index (χ3n) is 4.18. The van der Waals surface area contributed by atoms with Gasteiger partial charge in [-0.1, -0.05) is 30.8 Å². The molecule has 0 amide bonds. The van der Waals surface area contributed by atoms with Crippen LogP contribution in [0.4, 0.5) is 0 Å². The standard InChI is InChI=1S/C15H27N3O2/c1-4-19-15(9-7-5-6-8-10-15)14-17-13(20-18-14)11-12(2)16-3/h12,16H,4-11H2,1-3H3. The first-order chi connectivity index (χ1) is 9.70. The SMILES string of the molecule is CCOC1(c2noc(CC(C)NC)n2)CCCCCC1. The van der Waals surface area contributed by atoms with E-state index in [2.05, 4.69) is 22.4 Å². The fourth-order valence-corrected chi connectivity index (χ4v) is 2.90. The van der Waals surface area contributed by atoms with Crippen LogP contribution in [0.25, 0.3) is 0 Å². The number of nitrogens with one attached hydrogen (secondary N) is 1. The van der Waals surface area contributed by atoms with E-state index in [1.165, 1.54) is 25.7 Å². The lowest BCUT2D eigenvalue weighted by Crippen LogP contribution is -2.31. The molecule has 1 aromatic rings. The molecule has 1 atom stereocenters. The van der Waals surface area contributed by atoms with Crippen LogP contribution in [-0.2, 0) is 16.8 Å². The fourth-order valence-electron chi connectivity index (χ4n) is 2.90. The summed E-state index contributed by atoms with van der Waals surface area (Å²) < 4.78 is 11.5. The summed E-state index contributed by atoms with van der Waals surface area (Å²) >= 11 is 0. The zero-order chi connectivity index (χ0) is 14.4. The summed E-state index contributed by atoms with van der Waals surface area (Å²) in [6.45, 7) is 4.83. The Bertz CT molecular complexity index is 398. The van der Waals surface area contributed by atoms with E-state index in [0.717, 1.165) is 25.1 Å². The Morgan fingerprint density at radius 2 is 2.00 bits per heavy atom. The van der Waals surface area contributed by atoms with Crippen LogP contribution in [0.5, 0.6) is 0 Å². The molecule has 1 aliphatic carbocycles. The molecule has 1 aromatic heterocycles. The van der Waals surface area contributed by atoms with Crippen LogP contribution in [0.3, 0.4) is 0 Å². The summed E-state index contributed by atoms with van der Waals surface area (Å²) in [5.41, 5.74) is -0.324. The molecule has 114 valence electrons. The number of hydrogen-bond acceptors (Lipinski definition) is 5. The lowest BCUT2D eigenvalue weighted by Gasteiger charge is -2.29. The van der Waals surface area contributed by atoms with E-state index in [1.807, 2.05) is 14.0 Å². The van der Waals surface area contributed by atoms with Gasteiger partial charge in [-0.15, -0.1) is 0 Å². The van der Waals surface area contributed by atoms with Gasteiger partial charge < -0.3 is 14.6 Å². The average molecular weight is 281 g/mol. The minimum atomic E-state index is -0.324. The summed E-state index contributed by atoms with van der Waals surface area (Å²) in [7, 11) is 1.94. The van der Waals surface area contributed by atoms with Crippen LogP contribution >= 0.6 is 0 Å². The van der Waals surface area contributed by atoms with Gasteiger partial charge in [0.15, 0.2) is 0 Å². The molecule has 1 heterocycles. The Morgan fingerprint density at radius 3 is 2.60 bits per heavy atom. The van der Waals surface area contributed by atoms with Crippen molar-refractivity contribution in [2.24, 2.45) is 0 Å². The second-order valence-corrected chi connectivity index (χ2v) is 5.75. The summed E-state index contributed by atoms with van der Waals surface area (Å²) in [6, 6.07) is 0.334. The molecule has 1 fully saturated rings. The van der Waals surface area contributed by atoms with E-state index in [4.69, 9.17) is 9.26 Å². The van der Waals surface area contributed by atoms with Crippen LogP contribution in [0.1, 0.15) is 64.1 Å². The normalized spacial score (nSPS) is 20.6. The lowest BCUT2D eigenvalue weighted by atomic mass is 9.93. The molecule has 1 saturated carbocycles. The molecule has 1 unspecified atom stereocenters. The van der Waals surface area contributed by atoms with E-state index >= 15 is 0 Å². The van der Waals surface area contributed by atoms with Crippen molar-refractivity contribution in [3.63, 3.8) is 0 Å². The van der Waals surface area contributed by atoms with Gasteiger partial charge in [-0.2, -0.15) is 4.98 Å². The maximum atomic E-state index is 6.08. The molecule has 5 heteroatoms. The zero-order valence-corrected chi connectivity index (χ0v) is 12.9. The van der Waals surface area contributed by atoms with Crippen LogP contribution < -0.4 is 5.32 Å². The molecule has 20 heavy (non-hydrogen) atoms. The molecule has 5 nitrogen and oxygen atoms in total. The molecule has 1 N–H and O–H groups in total. The Labute approximate surface area is 121 Å². The van der Waals surface area contributed by atoms with Gasteiger partial charge >= 0.3 is 0 Å². The maximum absolute atomic E-state index is 6.08. The van der Waals surface area contributed by atoms with Crippen molar-refractivity contribution in [2.45, 2.75) is 70.4 Å². The van der Waals surface area contributed by atoms with Crippen LogP contribution in [0, 0.1) is 0 Å². The highest BCUT2D eigenvalue weighted by Gasteiger charge is 2.38. The fraction of sp³-hybridized carbons (Fsp3) is 0.867. The quantitative estimate of drug-likeness (QED) is 0.812.